The van der Waals surface area contributed by atoms with Crippen LogP contribution in [0.25, 0.3) is 10.2 Å². The SMILES string of the molecule is CCCCc1ccc2c(c1)sc(=O)n2CCN1CCCCC1. The summed E-state index contributed by atoms with van der Waals surface area (Å²) in [6, 6.07) is 6.56. The van der Waals surface area contributed by atoms with Crippen LogP contribution in [0.4, 0.5) is 0 Å². The fourth-order valence-corrected chi connectivity index (χ4v) is 4.26. The Bertz CT molecular complexity index is 667. The third-order valence-electron chi connectivity index (χ3n) is 4.64. The molecule has 0 amide bonds. The molecule has 22 heavy (non-hydrogen) atoms. The molecule has 0 N–H and O–H groups in total. The topological polar surface area (TPSA) is 25.2 Å². The Morgan fingerprint density at radius 2 is 1.95 bits per heavy atom. The highest BCUT2D eigenvalue weighted by atomic mass is 32.1. The third kappa shape index (κ3) is 3.61. The first-order valence-corrected chi connectivity index (χ1v) is 9.44. The van der Waals surface area contributed by atoms with E-state index >= 15 is 0 Å². The van der Waals surface area contributed by atoms with E-state index in [2.05, 4.69) is 30.0 Å². The van der Waals surface area contributed by atoms with Crippen molar-refractivity contribution in [2.75, 3.05) is 19.6 Å². The molecule has 2 aromatic rings. The van der Waals surface area contributed by atoms with Gasteiger partial charge in [0.15, 0.2) is 0 Å². The molecular formula is C18H26N2OS. The van der Waals surface area contributed by atoms with Gasteiger partial charge in [0.25, 0.3) is 0 Å². The molecule has 1 aliphatic rings. The molecule has 1 aromatic carbocycles. The molecule has 120 valence electrons. The van der Waals surface area contributed by atoms with Gasteiger partial charge in [-0.3, -0.25) is 9.36 Å². The van der Waals surface area contributed by atoms with Crippen LogP contribution < -0.4 is 4.87 Å². The predicted molar refractivity (Wildman–Crippen MR) is 95.0 cm³/mol. The van der Waals surface area contributed by atoms with Crippen LogP contribution >= 0.6 is 11.3 Å². The molecule has 1 fully saturated rings. The molecule has 0 atom stereocenters. The molecule has 1 aromatic heterocycles. The van der Waals surface area contributed by atoms with Gasteiger partial charge in [-0.25, -0.2) is 0 Å². The van der Waals surface area contributed by atoms with Crippen molar-refractivity contribution in [3.05, 3.63) is 33.4 Å². The minimum atomic E-state index is 0.194. The van der Waals surface area contributed by atoms with Crippen molar-refractivity contribution in [1.29, 1.82) is 0 Å². The number of rotatable bonds is 6. The van der Waals surface area contributed by atoms with Crippen LogP contribution in [0.1, 0.15) is 44.6 Å². The van der Waals surface area contributed by atoms with Gasteiger partial charge in [-0.2, -0.15) is 0 Å². The van der Waals surface area contributed by atoms with E-state index in [9.17, 15) is 4.79 Å². The number of thiazole rings is 1. The number of aryl methyl sites for hydroxylation is 1. The Hall–Kier alpha value is -1.13. The molecule has 0 spiro atoms. The molecule has 3 rings (SSSR count). The van der Waals surface area contributed by atoms with Gasteiger partial charge in [0.1, 0.15) is 0 Å². The summed E-state index contributed by atoms with van der Waals surface area (Å²) in [7, 11) is 0. The van der Waals surface area contributed by atoms with Crippen molar-refractivity contribution < 1.29 is 0 Å². The van der Waals surface area contributed by atoms with Crippen molar-refractivity contribution in [2.24, 2.45) is 0 Å². The molecule has 3 nitrogen and oxygen atoms in total. The number of benzene rings is 1. The first kappa shape index (κ1) is 15.8. The number of nitrogens with zero attached hydrogens (tertiary/aromatic N) is 2. The van der Waals surface area contributed by atoms with Crippen LogP contribution in [0.2, 0.25) is 0 Å². The van der Waals surface area contributed by atoms with Crippen LogP contribution in [-0.4, -0.2) is 29.1 Å². The molecule has 4 heteroatoms. The van der Waals surface area contributed by atoms with Crippen molar-refractivity contribution in [1.82, 2.24) is 9.47 Å². The van der Waals surface area contributed by atoms with Gasteiger partial charge in [-0.05, 0) is 56.5 Å². The van der Waals surface area contributed by atoms with E-state index in [1.54, 1.807) is 0 Å². The first-order chi connectivity index (χ1) is 10.8. The Kier molecular flexibility index (Phi) is 5.32. The van der Waals surface area contributed by atoms with Crippen LogP contribution in [0.3, 0.4) is 0 Å². The Balaban J connectivity index is 1.74. The maximum atomic E-state index is 12.3. The fraction of sp³-hybridized carbons (Fsp3) is 0.611. The van der Waals surface area contributed by atoms with E-state index in [0.29, 0.717) is 0 Å². The highest BCUT2D eigenvalue weighted by molar-refractivity contribution is 7.16. The average Bonchev–Trinajstić information content (AvgIpc) is 2.86. The van der Waals surface area contributed by atoms with Crippen molar-refractivity contribution in [3.8, 4) is 0 Å². The molecule has 1 saturated heterocycles. The van der Waals surface area contributed by atoms with Crippen molar-refractivity contribution in [3.63, 3.8) is 0 Å². The summed E-state index contributed by atoms with van der Waals surface area (Å²) in [4.78, 5) is 15.0. The van der Waals surface area contributed by atoms with Gasteiger partial charge in [-0.1, -0.05) is 37.2 Å². The van der Waals surface area contributed by atoms with E-state index in [-0.39, 0.29) is 4.87 Å². The average molecular weight is 318 g/mol. The third-order valence-corrected chi connectivity index (χ3v) is 5.58. The summed E-state index contributed by atoms with van der Waals surface area (Å²) in [5, 5.41) is 0. The number of piperidine rings is 1. The molecule has 2 heterocycles. The highest BCUT2D eigenvalue weighted by Gasteiger charge is 2.12. The van der Waals surface area contributed by atoms with E-state index in [1.165, 1.54) is 62.1 Å². The van der Waals surface area contributed by atoms with E-state index in [0.717, 1.165) is 29.7 Å². The minimum Gasteiger partial charge on any atom is -0.302 e. The largest absolute Gasteiger partial charge is 0.308 e. The second kappa shape index (κ2) is 7.42. The molecule has 0 radical (unpaired) electrons. The smallest absolute Gasteiger partial charge is 0.302 e. The quantitative estimate of drug-likeness (QED) is 0.807. The van der Waals surface area contributed by atoms with Gasteiger partial charge in [0, 0.05) is 13.1 Å². The lowest BCUT2D eigenvalue weighted by molar-refractivity contribution is 0.221. The molecule has 0 unspecified atom stereocenters. The molecule has 0 aliphatic carbocycles. The number of hydrogen-bond donors (Lipinski definition) is 0. The lowest BCUT2D eigenvalue weighted by Gasteiger charge is -2.26. The second-order valence-electron chi connectivity index (χ2n) is 6.33. The summed E-state index contributed by atoms with van der Waals surface area (Å²) < 4.78 is 3.12. The number of unbranched alkanes of at least 4 members (excludes halogenated alkanes) is 1. The number of hydrogen-bond acceptors (Lipinski definition) is 3. The molecule has 0 saturated carbocycles. The second-order valence-corrected chi connectivity index (χ2v) is 7.32. The number of aromatic nitrogens is 1. The summed E-state index contributed by atoms with van der Waals surface area (Å²) in [6.45, 7) is 6.43. The normalized spacial score (nSPS) is 16.4. The lowest BCUT2D eigenvalue weighted by atomic mass is 10.1. The van der Waals surface area contributed by atoms with Crippen LogP contribution in [0.5, 0.6) is 0 Å². The minimum absolute atomic E-state index is 0.194. The Labute approximate surface area is 136 Å². The van der Waals surface area contributed by atoms with E-state index in [1.807, 2.05) is 4.57 Å². The molecular weight excluding hydrogens is 292 g/mol. The highest BCUT2D eigenvalue weighted by Crippen LogP contribution is 2.20. The fourth-order valence-electron chi connectivity index (χ4n) is 3.28. The van der Waals surface area contributed by atoms with Gasteiger partial charge in [0.05, 0.1) is 10.2 Å². The Morgan fingerprint density at radius 3 is 2.73 bits per heavy atom. The van der Waals surface area contributed by atoms with Crippen molar-refractivity contribution >= 4 is 21.6 Å². The zero-order valence-corrected chi connectivity index (χ0v) is 14.3. The van der Waals surface area contributed by atoms with Crippen LogP contribution in [0.15, 0.2) is 23.0 Å². The zero-order valence-electron chi connectivity index (χ0n) is 13.5. The molecule has 0 bridgehead atoms. The van der Waals surface area contributed by atoms with Crippen molar-refractivity contribution in [2.45, 2.75) is 52.0 Å². The maximum absolute atomic E-state index is 12.3. The number of fused-ring (bicyclic) bond motifs is 1. The predicted octanol–water partition coefficient (Wildman–Crippen LogP) is 3.89. The standard InChI is InChI=1S/C18H26N2OS/c1-2-3-7-15-8-9-16-17(14-15)22-18(21)20(16)13-12-19-10-5-4-6-11-19/h8-9,14H,2-7,10-13H2,1H3. The van der Waals surface area contributed by atoms with E-state index in [4.69, 9.17) is 0 Å². The van der Waals surface area contributed by atoms with Crippen LogP contribution in [0, 0.1) is 0 Å². The molecule has 1 aliphatic heterocycles. The zero-order chi connectivity index (χ0) is 15.4. The maximum Gasteiger partial charge on any atom is 0.308 e. The first-order valence-electron chi connectivity index (χ1n) is 8.62. The van der Waals surface area contributed by atoms with Gasteiger partial charge in [-0.15, -0.1) is 0 Å². The van der Waals surface area contributed by atoms with E-state index < -0.39 is 0 Å². The summed E-state index contributed by atoms with van der Waals surface area (Å²) >= 11 is 1.40. The lowest BCUT2D eigenvalue weighted by Crippen LogP contribution is -2.33. The summed E-state index contributed by atoms with van der Waals surface area (Å²) in [5.41, 5.74) is 2.48. The van der Waals surface area contributed by atoms with Gasteiger partial charge < -0.3 is 4.90 Å². The van der Waals surface area contributed by atoms with Gasteiger partial charge >= 0.3 is 4.87 Å². The Morgan fingerprint density at radius 1 is 1.14 bits per heavy atom. The number of likely N-dealkylation sites (tertiary alicyclic amines) is 1. The summed E-state index contributed by atoms with van der Waals surface area (Å²) in [6.07, 6.45) is 7.52. The monoisotopic (exact) mass is 318 g/mol. The van der Waals surface area contributed by atoms with Crippen LogP contribution in [-0.2, 0) is 13.0 Å². The van der Waals surface area contributed by atoms with Gasteiger partial charge in [0.2, 0.25) is 0 Å². The summed E-state index contributed by atoms with van der Waals surface area (Å²) in [5.74, 6) is 0.